The summed E-state index contributed by atoms with van der Waals surface area (Å²) in [4.78, 5) is 0. The van der Waals surface area contributed by atoms with Crippen molar-refractivity contribution in [1.29, 1.82) is 5.26 Å². The first-order valence-corrected chi connectivity index (χ1v) is 2.46. The summed E-state index contributed by atoms with van der Waals surface area (Å²) in [5, 5.41) is 18.9. The Hall–Kier alpha value is -1.04. The van der Waals surface area contributed by atoms with Crippen molar-refractivity contribution in [3.63, 3.8) is 0 Å². The number of hydrogen-bond donors (Lipinski definition) is 1. The molecule has 0 radical (unpaired) electrons. The van der Waals surface area contributed by atoms with E-state index in [4.69, 9.17) is 10.5 Å². The minimum Gasteiger partial charge on any atom is -0.410 e. The minimum absolute atomic E-state index is 0.201. The average Bonchev–Trinajstić information content (AvgIpc) is 1.83. The van der Waals surface area contributed by atoms with Crippen LogP contribution in [0.15, 0.2) is 5.16 Å². The molecule has 0 aromatic rings. The van der Waals surface area contributed by atoms with Crippen LogP contribution in [0.25, 0.3) is 0 Å². The van der Waals surface area contributed by atoms with Crippen LogP contribution in [0.4, 0.5) is 0 Å². The summed E-state index contributed by atoms with van der Waals surface area (Å²) in [5.41, 5.74) is 0.201. The summed E-state index contributed by atoms with van der Waals surface area (Å²) < 4.78 is 0. The van der Waals surface area contributed by atoms with E-state index in [1.54, 1.807) is 6.07 Å². The Morgan fingerprint density at radius 1 is 1.88 bits per heavy atom. The number of nitrogens with zero attached hydrogens (tertiary/aromatic N) is 2. The standard InChI is InChI=1S/C5H8N2O/c1-2-3-5(4-6)7-8/h8H,2-3H2,1H3. The lowest BCUT2D eigenvalue weighted by Crippen LogP contribution is -1.90. The van der Waals surface area contributed by atoms with Crippen molar-refractivity contribution in [3.8, 4) is 6.07 Å². The molecule has 1 N–H and O–H groups in total. The van der Waals surface area contributed by atoms with Gasteiger partial charge in [0.2, 0.25) is 0 Å². The molecule has 0 atom stereocenters. The van der Waals surface area contributed by atoms with Gasteiger partial charge in [0.05, 0.1) is 0 Å². The molecule has 0 fully saturated rings. The maximum absolute atomic E-state index is 8.12. The molecular weight excluding hydrogens is 104 g/mol. The third-order valence-corrected chi connectivity index (χ3v) is 0.737. The molecular formula is C5H8N2O. The predicted molar refractivity (Wildman–Crippen MR) is 29.7 cm³/mol. The zero-order chi connectivity index (χ0) is 6.41. The van der Waals surface area contributed by atoms with Crippen molar-refractivity contribution in [1.82, 2.24) is 0 Å². The maximum Gasteiger partial charge on any atom is 0.156 e. The second kappa shape index (κ2) is 4.13. The Bertz CT molecular complexity index is 123. The van der Waals surface area contributed by atoms with Crippen LogP contribution in [0.1, 0.15) is 19.8 Å². The van der Waals surface area contributed by atoms with Gasteiger partial charge in [0.25, 0.3) is 0 Å². The van der Waals surface area contributed by atoms with Gasteiger partial charge in [-0.05, 0) is 6.42 Å². The summed E-state index contributed by atoms with van der Waals surface area (Å²) in [6.45, 7) is 1.92. The van der Waals surface area contributed by atoms with Crippen molar-refractivity contribution in [3.05, 3.63) is 0 Å². The molecule has 44 valence electrons. The van der Waals surface area contributed by atoms with Crippen molar-refractivity contribution in [2.75, 3.05) is 0 Å². The zero-order valence-electron chi connectivity index (χ0n) is 4.76. The fraction of sp³-hybridized carbons (Fsp3) is 0.600. The second-order valence-electron chi connectivity index (χ2n) is 1.41. The van der Waals surface area contributed by atoms with Crippen LogP contribution >= 0.6 is 0 Å². The molecule has 0 heterocycles. The normalized spacial score (nSPS) is 10.8. The summed E-state index contributed by atoms with van der Waals surface area (Å²) in [6.07, 6.45) is 1.40. The van der Waals surface area contributed by atoms with E-state index < -0.39 is 0 Å². The van der Waals surface area contributed by atoms with Gasteiger partial charge in [-0.15, -0.1) is 0 Å². The highest BCUT2D eigenvalue weighted by Gasteiger charge is 1.91. The third kappa shape index (κ3) is 2.19. The molecule has 0 saturated heterocycles. The van der Waals surface area contributed by atoms with E-state index in [1.165, 1.54) is 0 Å². The van der Waals surface area contributed by atoms with Gasteiger partial charge < -0.3 is 5.21 Å². The van der Waals surface area contributed by atoms with Gasteiger partial charge in [0.1, 0.15) is 6.07 Å². The summed E-state index contributed by atoms with van der Waals surface area (Å²) in [5.74, 6) is 0. The van der Waals surface area contributed by atoms with Crippen LogP contribution in [0.2, 0.25) is 0 Å². The number of hydrogen-bond acceptors (Lipinski definition) is 3. The van der Waals surface area contributed by atoms with Gasteiger partial charge in [-0.1, -0.05) is 12.1 Å². The van der Waals surface area contributed by atoms with E-state index in [0.717, 1.165) is 6.42 Å². The molecule has 0 aromatic heterocycles. The topological polar surface area (TPSA) is 56.4 Å². The number of rotatable bonds is 2. The number of oxime groups is 1. The molecule has 0 aliphatic heterocycles. The van der Waals surface area contributed by atoms with Crippen molar-refractivity contribution in [2.45, 2.75) is 19.8 Å². The Labute approximate surface area is 48.2 Å². The lowest BCUT2D eigenvalue weighted by atomic mass is 10.2. The largest absolute Gasteiger partial charge is 0.410 e. The predicted octanol–water partition coefficient (Wildman–Crippen LogP) is 1.14. The van der Waals surface area contributed by atoms with Crippen LogP contribution in [0.3, 0.4) is 0 Å². The van der Waals surface area contributed by atoms with Crippen molar-refractivity contribution in [2.24, 2.45) is 5.16 Å². The highest BCUT2D eigenvalue weighted by molar-refractivity contribution is 5.97. The molecule has 3 nitrogen and oxygen atoms in total. The molecule has 0 amide bonds. The van der Waals surface area contributed by atoms with E-state index >= 15 is 0 Å². The molecule has 0 rings (SSSR count). The molecule has 0 aliphatic rings. The van der Waals surface area contributed by atoms with Crippen molar-refractivity contribution < 1.29 is 5.21 Å². The quantitative estimate of drug-likeness (QED) is 0.331. The fourth-order valence-electron chi connectivity index (χ4n) is 0.365. The van der Waals surface area contributed by atoms with Gasteiger partial charge in [0.15, 0.2) is 5.71 Å². The van der Waals surface area contributed by atoms with Crippen LogP contribution in [0, 0.1) is 11.3 Å². The Morgan fingerprint density at radius 2 is 2.50 bits per heavy atom. The highest BCUT2D eigenvalue weighted by Crippen LogP contribution is 1.88. The lowest BCUT2D eigenvalue weighted by Gasteiger charge is -1.84. The summed E-state index contributed by atoms with van der Waals surface area (Å²) >= 11 is 0. The lowest BCUT2D eigenvalue weighted by molar-refractivity contribution is 0.318. The van der Waals surface area contributed by atoms with Gasteiger partial charge >= 0.3 is 0 Å². The molecule has 0 aliphatic carbocycles. The molecule has 8 heavy (non-hydrogen) atoms. The van der Waals surface area contributed by atoms with Gasteiger partial charge in [0, 0.05) is 6.42 Å². The monoisotopic (exact) mass is 112 g/mol. The average molecular weight is 112 g/mol. The van der Waals surface area contributed by atoms with Crippen LogP contribution < -0.4 is 0 Å². The SMILES string of the molecule is CCCC(C#N)=NO. The first-order valence-electron chi connectivity index (χ1n) is 2.46. The second-order valence-corrected chi connectivity index (χ2v) is 1.41. The van der Waals surface area contributed by atoms with Crippen LogP contribution in [-0.2, 0) is 0 Å². The van der Waals surface area contributed by atoms with Crippen molar-refractivity contribution >= 4 is 5.71 Å². The molecule has 0 saturated carbocycles. The van der Waals surface area contributed by atoms with E-state index in [2.05, 4.69) is 5.16 Å². The highest BCUT2D eigenvalue weighted by atomic mass is 16.4. The third-order valence-electron chi connectivity index (χ3n) is 0.737. The minimum atomic E-state index is 0.201. The fourth-order valence-corrected chi connectivity index (χ4v) is 0.365. The summed E-state index contributed by atoms with van der Waals surface area (Å²) in [7, 11) is 0. The Kier molecular flexibility index (Phi) is 3.59. The molecule has 0 unspecified atom stereocenters. The molecule has 0 bridgehead atoms. The Morgan fingerprint density at radius 3 is 2.62 bits per heavy atom. The molecule has 0 spiro atoms. The van der Waals surface area contributed by atoms with E-state index in [9.17, 15) is 0 Å². The molecule has 0 aromatic carbocycles. The van der Waals surface area contributed by atoms with Gasteiger partial charge in [-0.2, -0.15) is 5.26 Å². The van der Waals surface area contributed by atoms with Gasteiger partial charge in [-0.3, -0.25) is 0 Å². The first kappa shape index (κ1) is 6.96. The zero-order valence-corrected chi connectivity index (χ0v) is 4.76. The smallest absolute Gasteiger partial charge is 0.156 e. The Balaban J connectivity index is 3.60. The first-order chi connectivity index (χ1) is 3.85. The van der Waals surface area contributed by atoms with Crippen LogP contribution in [0.5, 0.6) is 0 Å². The van der Waals surface area contributed by atoms with E-state index in [-0.39, 0.29) is 5.71 Å². The van der Waals surface area contributed by atoms with E-state index in [1.807, 2.05) is 6.92 Å². The van der Waals surface area contributed by atoms with Gasteiger partial charge in [-0.25, -0.2) is 0 Å². The molecule has 3 heteroatoms. The van der Waals surface area contributed by atoms with E-state index in [0.29, 0.717) is 6.42 Å². The maximum atomic E-state index is 8.12. The number of nitriles is 1. The summed E-state index contributed by atoms with van der Waals surface area (Å²) in [6, 6.07) is 1.75. The van der Waals surface area contributed by atoms with Crippen LogP contribution in [-0.4, -0.2) is 10.9 Å².